The van der Waals surface area contributed by atoms with E-state index in [9.17, 15) is 9.59 Å². The van der Waals surface area contributed by atoms with E-state index in [4.69, 9.17) is 26.6 Å². The van der Waals surface area contributed by atoms with E-state index in [0.717, 1.165) is 37.6 Å². The third kappa shape index (κ3) is 8.58. The number of aliphatic carboxylic acids is 2. The van der Waals surface area contributed by atoms with Gasteiger partial charge in [-0.05, 0) is 17.7 Å². The van der Waals surface area contributed by atoms with E-state index in [1.807, 2.05) is 24.3 Å². The summed E-state index contributed by atoms with van der Waals surface area (Å²) in [4.78, 5) is 30.0. The maximum atomic E-state index is 9.55. The smallest absolute Gasteiger partial charge is 0.328 e. The molecule has 154 valence electrons. The summed E-state index contributed by atoms with van der Waals surface area (Å²) in [6.45, 7) is 4.24. The number of halogens is 1. The molecule has 0 atom stereocenters. The predicted octanol–water partition coefficient (Wildman–Crippen LogP) is 1.83. The van der Waals surface area contributed by atoms with Gasteiger partial charge in [0.2, 0.25) is 5.88 Å². The first-order valence-electron chi connectivity index (χ1n) is 8.73. The number of carbonyl (C=O) groups is 2. The third-order valence-corrected chi connectivity index (χ3v) is 3.92. The van der Waals surface area contributed by atoms with E-state index >= 15 is 0 Å². The summed E-state index contributed by atoms with van der Waals surface area (Å²) in [5, 5.41) is 19.6. The van der Waals surface area contributed by atoms with Crippen molar-refractivity contribution in [3.63, 3.8) is 0 Å². The summed E-state index contributed by atoms with van der Waals surface area (Å²) in [5.74, 6) is -1.12. The number of hydrogen-bond donors (Lipinski definition) is 3. The van der Waals surface area contributed by atoms with Crippen LogP contribution in [-0.4, -0.2) is 58.3 Å². The first kappa shape index (κ1) is 22.1. The molecule has 0 radical (unpaired) electrons. The zero-order valence-corrected chi connectivity index (χ0v) is 16.2. The highest BCUT2D eigenvalue weighted by Gasteiger charge is 2.12. The molecule has 0 saturated carbocycles. The topological polar surface area (TPSA) is 125 Å². The lowest BCUT2D eigenvalue weighted by atomic mass is 10.2. The normalized spacial score (nSPS) is 13.5. The van der Waals surface area contributed by atoms with E-state index in [0.29, 0.717) is 29.7 Å². The van der Waals surface area contributed by atoms with Gasteiger partial charge in [-0.2, -0.15) is 4.98 Å². The van der Waals surface area contributed by atoms with Crippen molar-refractivity contribution >= 4 is 29.4 Å². The fourth-order valence-corrected chi connectivity index (χ4v) is 2.59. The first-order valence-corrected chi connectivity index (χ1v) is 9.10. The maximum Gasteiger partial charge on any atom is 0.328 e. The van der Waals surface area contributed by atoms with Crippen molar-refractivity contribution in [3.8, 4) is 5.88 Å². The molecule has 0 aliphatic carbocycles. The van der Waals surface area contributed by atoms with Crippen LogP contribution in [0.25, 0.3) is 0 Å². The minimum absolute atomic E-state index is 0.431. The van der Waals surface area contributed by atoms with Gasteiger partial charge in [-0.15, -0.1) is 0 Å². The van der Waals surface area contributed by atoms with Crippen LogP contribution >= 0.6 is 11.6 Å². The number of benzene rings is 1. The summed E-state index contributed by atoms with van der Waals surface area (Å²) in [5.41, 5.74) is 1.01. The molecule has 0 unspecified atom stereocenters. The molecular formula is C19H21ClN4O5. The molecule has 0 bridgehead atoms. The van der Waals surface area contributed by atoms with Crippen molar-refractivity contribution in [1.82, 2.24) is 15.3 Å². The molecule has 2 aromatic rings. The fourth-order valence-electron chi connectivity index (χ4n) is 2.38. The number of aromatic nitrogens is 2. The molecule has 1 fully saturated rings. The maximum absolute atomic E-state index is 9.55. The Morgan fingerprint density at radius 3 is 2.48 bits per heavy atom. The number of rotatable bonds is 6. The molecular weight excluding hydrogens is 400 g/mol. The summed E-state index contributed by atoms with van der Waals surface area (Å²) < 4.78 is 5.70. The molecule has 1 aromatic carbocycles. The van der Waals surface area contributed by atoms with Crippen LogP contribution in [0.1, 0.15) is 5.56 Å². The lowest BCUT2D eigenvalue weighted by molar-refractivity contribution is -0.134. The van der Waals surface area contributed by atoms with Gasteiger partial charge in [0, 0.05) is 43.4 Å². The summed E-state index contributed by atoms with van der Waals surface area (Å²) in [7, 11) is 0. The molecule has 29 heavy (non-hydrogen) atoms. The van der Waals surface area contributed by atoms with Gasteiger partial charge in [-0.25, -0.2) is 9.59 Å². The highest BCUT2D eigenvalue weighted by Crippen LogP contribution is 2.17. The van der Waals surface area contributed by atoms with Crippen molar-refractivity contribution in [2.75, 3.05) is 31.1 Å². The molecule has 2 heterocycles. The molecule has 9 nitrogen and oxygen atoms in total. The van der Waals surface area contributed by atoms with Crippen LogP contribution in [0.15, 0.2) is 48.8 Å². The molecule has 3 rings (SSSR count). The Morgan fingerprint density at radius 2 is 1.86 bits per heavy atom. The van der Waals surface area contributed by atoms with Crippen LogP contribution < -0.4 is 15.0 Å². The summed E-state index contributed by atoms with van der Waals surface area (Å²) >= 11 is 5.96. The molecule has 1 saturated heterocycles. The Kier molecular flexibility index (Phi) is 8.87. The van der Waals surface area contributed by atoms with E-state index in [-0.39, 0.29) is 0 Å². The van der Waals surface area contributed by atoms with Crippen molar-refractivity contribution in [3.05, 3.63) is 59.4 Å². The predicted molar refractivity (Wildman–Crippen MR) is 107 cm³/mol. The highest BCUT2D eigenvalue weighted by molar-refractivity contribution is 6.30. The van der Waals surface area contributed by atoms with E-state index in [1.54, 1.807) is 12.4 Å². The quantitative estimate of drug-likeness (QED) is 0.600. The Balaban J connectivity index is 0.000000321. The second kappa shape index (κ2) is 11.6. The van der Waals surface area contributed by atoms with Crippen molar-refractivity contribution < 1.29 is 24.5 Å². The number of nitrogens with one attached hydrogen (secondary N) is 1. The van der Waals surface area contributed by atoms with Crippen molar-refractivity contribution in [2.45, 2.75) is 6.61 Å². The summed E-state index contributed by atoms with van der Waals surface area (Å²) in [6, 6.07) is 7.61. The molecule has 1 aliphatic heterocycles. The van der Waals surface area contributed by atoms with Crippen molar-refractivity contribution in [1.29, 1.82) is 0 Å². The lowest BCUT2D eigenvalue weighted by Crippen LogP contribution is -2.43. The molecule has 1 aromatic heterocycles. The standard InChI is InChI=1S/C15H17ClN4O.C4H4O4/c16-13-3-1-2-12(8-13)11-21-15-10-18-9-14(19-15)20-6-4-17-5-7-20;5-3(6)1-2-4(7)8/h1-3,8-10,17H,4-7,11H2;1-2H,(H,5,6)(H,7,8)/b;2-1+. The Labute approximate surface area is 172 Å². The van der Waals surface area contributed by atoms with Gasteiger partial charge in [-0.1, -0.05) is 23.7 Å². The molecule has 10 heteroatoms. The van der Waals surface area contributed by atoms with Crippen LogP contribution in [-0.2, 0) is 16.2 Å². The van der Waals surface area contributed by atoms with Gasteiger partial charge in [0.1, 0.15) is 6.61 Å². The van der Waals surface area contributed by atoms with Gasteiger partial charge in [0.25, 0.3) is 0 Å². The number of ether oxygens (including phenoxy) is 1. The Morgan fingerprint density at radius 1 is 1.17 bits per heavy atom. The molecule has 1 aliphatic rings. The zero-order valence-electron chi connectivity index (χ0n) is 15.5. The Bertz CT molecular complexity index is 840. The second-order valence-electron chi connectivity index (χ2n) is 5.88. The lowest BCUT2D eigenvalue weighted by Gasteiger charge is -2.28. The van der Waals surface area contributed by atoms with Crippen LogP contribution in [0.5, 0.6) is 5.88 Å². The molecule has 0 spiro atoms. The van der Waals surface area contributed by atoms with Gasteiger partial charge >= 0.3 is 11.9 Å². The zero-order chi connectivity index (χ0) is 21.1. The number of anilines is 1. The number of hydrogen-bond acceptors (Lipinski definition) is 7. The fraction of sp³-hybridized carbons (Fsp3) is 0.263. The molecule has 0 amide bonds. The minimum atomic E-state index is -1.26. The van der Waals surface area contributed by atoms with Gasteiger partial charge in [0.15, 0.2) is 5.82 Å². The Hall–Kier alpha value is -3.17. The third-order valence-electron chi connectivity index (χ3n) is 3.68. The van der Waals surface area contributed by atoms with Gasteiger partial charge in [-0.3, -0.25) is 4.98 Å². The largest absolute Gasteiger partial charge is 0.478 e. The van der Waals surface area contributed by atoms with Crippen LogP contribution in [0, 0.1) is 0 Å². The number of piperazine rings is 1. The number of nitrogens with zero attached hydrogens (tertiary/aromatic N) is 3. The van der Waals surface area contributed by atoms with Gasteiger partial charge in [0.05, 0.1) is 12.4 Å². The SMILES string of the molecule is Clc1cccc(COc2cncc(N3CCNCC3)n2)c1.O=C(O)/C=C/C(=O)O. The van der Waals surface area contributed by atoms with Gasteiger partial charge < -0.3 is 25.2 Å². The summed E-state index contributed by atoms with van der Waals surface area (Å²) in [6.07, 6.45) is 4.53. The second-order valence-corrected chi connectivity index (χ2v) is 6.32. The highest BCUT2D eigenvalue weighted by atomic mass is 35.5. The van der Waals surface area contributed by atoms with Crippen LogP contribution in [0.2, 0.25) is 5.02 Å². The monoisotopic (exact) mass is 420 g/mol. The molecule has 3 N–H and O–H groups in total. The average molecular weight is 421 g/mol. The first-order chi connectivity index (χ1) is 13.9. The van der Waals surface area contributed by atoms with E-state index in [1.165, 1.54) is 0 Å². The average Bonchev–Trinajstić information content (AvgIpc) is 2.72. The van der Waals surface area contributed by atoms with Crippen LogP contribution in [0.3, 0.4) is 0 Å². The van der Waals surface area contributed by atoms with E-state index < -0.39 is 11.9 Å². The van der Waals surface area contributed by atoms with Crippen molar-refractivity contribution in [2.24, 2.45) is 0 Å². The van der Waals surface area contributed by atoms with Crippen LogP contribution in [0.4, 0.5) is 5.82 Å². The number of carboxylic acid groups (broad SMARTS) is 2. The minimum Gasteiger partial charge on any atom is -0.478 e. The number of carboxylic acids is 2. The van der Waals surface area contributed by atoms with E-state index in [2.05, 4.69) is 20.2 Å².